The Morgan fingerprint density at radius 3 is 3.00 bits per heavy atom. The molecule has 0 spiro atoms. The van der Waals surface area contributed by atoms with Gasteiger partial charge in [-0.2, -0.15) is 0 Å². The summed E-state index contributed by atoms with van der Waals surface area (Å²) in [5.74, 6) is 0. The van der Waals surface area contributed by atoms with Crippen molar-refractivity contribution in [1.29, 1.82) is 0 Å². The van der Waals surface area contributed by atoms with Crippen LogP contribution in [0.2, 0.25) is 0 Å². The van der Waals surface area contributed by atoms with E-state index in [1.165, 1.54) is 16.1 Å². The van der Waals surface area contributed by atoms with Crippen molar-refractivity contribution in [3.8, 4) is 0 Å². The molecule has 3 heteroatoms. The molecule has 2 heterocycles. The highest BCUT2D eigenvalue weighted by Crippen LogP contribution is 2.28. The first kappa shape index (κ1) is 10.4. The van der Waals surface area contributed by atoms with Crippen LogP contribution in [0.25, 0.3) is 10.2 Å². The molecule has 0 bridgehead atoms. The van der Waals surface area contributed by atoms with E-state index in [1.807, 2.05) is 0 Å². The highest BCUT2D eigenvalue weighted by Gasteiger charge is 2.05. The lowest BCUT2D eigenvalue weighted by atomic mass is 10.2. The van der Waals surface area contributed by atoms with Gasteiger partial charge in [-0.15, -0.1) is 11.3 Å². The normalized spacial score (nSPS) is 10.8. The predicted octanol–water partition coefficient (Wildman–Crippen LogP) is 3.68. The Morgan fingerprint density at radius 1 is 1.40 bits per heavy atom. The summed E-state index contributed by atoms with van der Waals surface area (Å²) in [4.78, 5) is 4.64. The lowest BCUT2D eigenvalue weighted by Crippen LogP contribution is -1.99. The summed E-state index contributed by atoms with van der Waals surface area (Å²) >= 11 is 1.76. The molecule has 0 unspecified atom stereocenters. The van der Waals surface area contributed by atoms with E-state index < -0.39 is 0 Å². The molecule has 0 amide bonds. The monoisotopic (exact) mass is 220 g/mol. The second-order valence-electron chi connectivity index (χ2n) is 3.58. The summed E-state index contributed by atoms with van der Waals surface area (Å²) in [5, 5.41) is 5.51. The Balaban J connectivity index is 2.48. The van der Waals surface area contributed by atoms with Crippen molar-refractivity contribution in [2.45, 2.75) is 26.7 Å². The maximum absolute atomic E-state index is 4.64. The van der Waals surface area contributed by atoms with Crippen LogP contribution in [0.5, 0.6) is 0 Å². The molecular formula is C12H16N2S. The molecule has 0 radical (unpaired) electrons. The number of fused-ring (bicyclic) bond motifs is 1. The van der Waals surface area contributed by atoms with Crippen LogP contribution in [0.15, 0.2) is 17.5 Å². The minimum Gasteiger partial charge on any atom is -0.384 e. The van der Waals surface area contributed by atoms with Gasteiger partial charge in [-0.3, -0.25) is 4.98 Å². The third kappa shape index (κ3) is 2.12. The highest BCUT2D eigenvalue weighted by molar-refractivity contribution is 7.17. The number of nitrogens with one attached hydrogen (secondary N) is 1. The second kappa shape index (κ2) is 4.62. The van der Waals surface area contributed by atoms with Gasteiger partial charge in [0.05, 0.1) is 15.9 Å². The minimum atomic E-state index is 0.961. The van der Waals surface area contributed by atoms with E-state index >= 15 is 0 Å². The predicted molar refractivity (Wildman–Crippen MR) is 67.8 cm³/mol. The van der Waals surface area contributed by atoms with Crippen molar-refractivity contribution < 1.29 is 0 Å². The van der Waals surface area contributed by atoms with Crippen LogP contribution >= 0.6 is 11.3 Å². The van der Waals surface area contributed by atoms with Gasteiger partial charge in [0.2, 0.25) is 0 Å². The van der Waals surface area contributed by atoms with E-state index in [2.05, 4.69) is 41.7 Å². The van der Waals surface area contributed by atoms with Crippen LogP contribution in [0.1, 0.15) is 26.0 Å². The molecule has 1 N–H and O–H groups in total. The number of anilines is 1. The molecule has 0 saturated heterocycles. The fraction of sp³-hybridized carbons (Fsp3) is 0.417. The lowest BCUT2D eigenvalue weighted by molar-refractivity contribution is 0.890. The summed E-state index contributed by atoms with van der Waals surface area (Å²) in [6.45, 7) is 5.27. The van der Waals surface area contributed by atoms with Gasteiger partial charge in [0.15, 0.2) is 0 Å². The molecule has 0 fully saturated rings. The van der Waals surface area contributed by atoms with Gasteiger partial charge in [-0.1, -0.05) is 13.3 Å². The van der Waals surface area contributed by atoms with Crippen LogP contribution in [-0.2, 0) is 6.42 Å². The molecule has 15 heavy (non-hydrogen) atoms. The molecule has 2 aromatic heterocycles. The second-order valence-corrected chi connectivity index (χ2v) is 4.49. The van der Waals surface area contributed by atoms with Gasteiger partial charge >= 0.3 is 0 Å². The molecule has 0 aliphatic rings. The van der Waals surface area contributed by atoms with Crippen molar-refractivity contribution in [3.63, 3.8) is 0 Å². The van der Waals surface area contributed by atoms with E-state index in [0.29, 0.717) is 0 Å². The van der Waals surface area contributed by atoms with Crippen molar-refractivity contribution in [1.82, 2.24) is 4.98 Å². The van der Waals surface area contributed by atoms with E-state index in [4.69, 9.17) is 0 Å². The smallest absolute Gasteiger partial charge is 0.0834 e. The molecule has 0 aromatic carbocycles. The van der Waals surface area contributed by atoms with E-state index in [9.17, 15) is 0 Å². The first-order valence-corrected chi connectivity index (χ1v) is 6.34. The van der Waals surface area contributed by atoms with E-state index in [1.54, 1.807) is 11.3 Å². The Morgan fingerprint density at radius 2 is 2.27 bits per heavy atom. The SMILES string of the molecule is CCCc1cc(NCC)c2sccc2n1. The van der Waals surface area contributed by atoms with Crippen LogP contribution in [-0.4, -0.2) is 11.5 Å². The van der Waals surface area contributed by atoms with E-state index in [-0.39, 0.29) is 0 Å². The zero-order chi connectivity index (χ0) is 10.7. The van der Waals surface area contributed by atoms with Gasteiger partial charge < -0.3 is 5.32 Å². The minimum absolute atomic E-state index is 0.961. The number of aryl methyl sites for hydroxylation is 1. The van der Waals surface area contributed by atoms with Crippen molar-refractivity contribution in [3.05, 3.63) is 23.2 Å². The zero-order valence-electron chi connectivity index (χ0n) is 9.21. The quantitative estimate of drug-likeness (QED) is 0.850. The largest absolute Gasteiger partial charge is 0.384 e. The maximum Gasteiger partial charge on any atom is 0.0834 e. The average molecular weight is 220 g/mol. The fourth-order valence-corrected chi connectivity index (χ4v) is 2.54. The van der Waals surface area contributed by atoms with Crippen molar-refractivity contribution in [2.75, 3.05) is 11.9 Å². The van der Waals surface area contributed by atoms with Crippen molar-refractivity contribution in [2.24, 2.45) is 0 Å². The third-order valence-electron chi connectivity index (χ3n) is 2.34. The van der Waals surface area contributed by atoms with Crippen LogP contribution in [0.4, 0.5) is 5.69 Å². The summed E-state index contributed by atoms with van der Waals surface area (Å²) in [5.41, 5.74) is 3.56. The summed E-state index contributed by atoms with van der Waals surface area (Å²) in [7, 11) is 0. The lowest BCUT2D eigenvalue weighted by Gasteiger charge is -2.07. The molecule has 0 aliphatic carbocycles. The number of nitrogens with zero attached hydrogens (tertiary/aromatic N) is 1. The van der Waals surface area contributed by atoms with Gasteiger partial charge in [-0.05, 0) is 30.9 Å². The van der Waals surface area contributed by atoms with Gasteiger partial charge in [0.1, 0.15) is 0 Å². The zero-order valence-corrected chi connectivity index (χ0v) is 10.0. The Kier molecular flexibility index (Phi) is 3.21. The molecule has 2 rings (SSSR count). The first-order valence-electron chi connectivity index (χ1n) is 5.46. The molecule has 2 aromatic rings. The number of rotatable bonds is 4. The highest BCUT2D eigenvalue weighted by atomic mass is 32.1. The van der Waals surface area contributed by atoms with Crippen molar-refractivity contribution >= 4 is 27.2 Å². The topological polar surface area (TPSA) is 24.9 Å². The Bertz CT molecular complexity index is 448. The number of aromatic nitrogens is 1. The fourth-order valence-electron chi connectivity index (χ4n) is 1.72. The van der Waals surface area contributed by atoms with Crippen LogP contribution in [0.3, 0.4) is 0 Å². The maximum atomic E-state index is 4.64. The molecule has 0 saturated carbocycles. The molecule has 80 valence electrons. The Labute approximate surface area is 94.3 Å². The number of pyridine rings is 1. The molecule has 0 aliphatic heterocycles. The number of thiophene rings is 1. The Hall–Kier alpha value is -1.09. The third-order valence-corrected chi connectivity index (χ3v) is 3.27. The molecule has 2 nitrogen and oxygen atoms in total. The van der Waals surface area contributed by atoms with E-state index in [0.717, 1.165) is 24.9 Å². The molecule has 0 atom stereocenters. The van der Waals surface area contributed by atoms with Gasteiger partial charge in [0.25, 0.3) is 0 Å². The summed E-state index contributed by atoms with van der Waals surface area (Å²) in [6.07, 6.45) is 2.21. The average Bonchev–Trinajstić information content (AvgIpc) is 2.67. The molecular weight excluding hydrogens is 204 g/mol. The number of hydrogen-bond donors (Lipinski definition) is 1. The van der Waals surface area contributed by atoms with Gasteiger partial charge in [0, 0.05) is 12.2 Å². The van der Waals surface area contributed by atoms with Crippen LogP contribution < -0.4 is 5.32 Å². The van der Waals surface area contributed by atoms with Crippen LogP contribution in [0, 0.1) is 0 Å². The summed E-state index contributed by atoms with van der Waals surface area (Å²) in [6, 6.07) is 4.28. The first-order chi connectivity index (χ1) is 7.35. The van der Waals surface area contributed by atoms with Gasteiger partial charge in [-0.25, -0.2) is 0 Å². The number of hydrogen-bond acceptors (Lipinski definition) is 3. The standard InChI is InChI=1S/C12H16N2S/c1-3-5-9-8-11(13-4-2)12-10(14-9)6-7-15-12/h6-8H,3-5H2,1-2H3,(H,13,14). The summed E-state index contributed by atoms with van der Waals surface area (Å²) < 4.78 is 1.27.